The van der Waals surface area contributed by atoms with Gasteiger partial charge in [0.2, 0.25) is 0 Å². The number of ether oxygens (including phenoxy) is 2. The molecule has 0 aliphatic rings. The van der Waals surface area contributed by atoms with Gasteiger partial charge < -0.3 is 14.6 Å². The van der Waals surface area contributed by atoms with Crippen LogP contribution in [0.25, 0.3) is 0 Å². The van der Waals surface area contributed by atoms with E-state index >= 15 is 0 Å². The van der Waals surface area contributed by atoms with Gasteiger partial charge in [0, 0.05) is 6.92 Å². The first-order valence-electron chi connectivity index (χ1n) is 4.73. The van der Waals surface area contributed by atoms with Gasteiger partial charge in [0.05, 0.1) is 6.61 Å². The summed E-state index contributed by atoms with van der Waals surface area (Å²) in [7, 11) is 0. The van der Waals surface area contributed by atoms with Crippen LogP contribution in [0, 0.1) is 0 Å². The molecule has 0 fully saturated rings. The van der Waals surface area contributed by atoms with Crippen LogP contribution in [0.5, 0.6) is 11.5 Å². The highest BCUT2D eigenvalue weighted by Gasteiger charge is 2.18. The molecule has 0 amide bonds. The molecule has 5 heteroatoms. The van der Waals surface area contributed by atoms with Crippen LogP contribution < -0.4 is 4.74 Å². The van der Waals surface area contributed by atoms with Gasteiger partial charge in [-0.15, -0.1) is 0 Å². The van der Waals surface area contributed by atoms with E-state index in [1.807, 2.05) is 0 Å². The predicted octanol–water partition coefficient (Wildman–Crippen LogP) is 1.49. The van der Waals surface area contributed by atoms with Crippen LogP contribution >= 0.6 is 0 Å². The van der Waals surface area contributed by atoms with Gasteiger partial charge in [0.25, 0.3) is 0 Å². The van der Waals surface area contributed by atoms with E-state index in [0.717, 1.165) is 0 Å². The van der Waals surface area contributed by atoms with Crippen molar-refractivity contribution in [2.75, 3.05) is 6.61 Å². The Morgan fingerprint density at radius 1 is 1.38 bits per heavy atom. The smallest absolute Gasteiger partial charge is 0.342 e. The van der Waals surface area contributed by atoms with Gasteiger partial charge in [-0.05, 0) is 19.1 Å². The highest BCUT2D eigenvalue weighted by atomic mass is 16.6. The maximum absolute atomic E-state index is 11.5. The molecule has 0 aliphatic carbocycles. The van der Waals surface area contributed by atoms with Crippen molar-refractivity contribution in [1.29, 1.82) is 0 Å². The number of rotatable bonds is 3. The van der Waals surface area contributed by atoms with E-state index in [2.05, 4.69) is 0 Å². The molecule has 16 heavy (non-hydrogen) atoms. The maximum Gasteiger partial charge on any atom is 0.342 e. The van der Waals surface area contributed by atoms with Crippen molar-refractivity contribution in [3.63, 3.8) is 0 Å². The summed E-state index contributed by atoms with van der Waals surface area (Å²) >= 11 is 0. The summed E-state index contributed by atoms with van der Waals surface area (Å²) in [6, 6.07) is 4.20. The third-order valence-corrected chi connectivity index (χ3v) is 1.74. The van der Waals surface area contributed by atoms with Gasteiger partial charge in [0.1, 0.15) is 5.56 Å². The zero-order valence-corrected chi connectivity index (χ0v) is 9.02. The van der Waals surface area contributed by atoms with Crippen molar-refractivity contribution in [3.05, 3.63) is 23.8 Å². The quantitative estimate of drug-likeness (QED) is 0.622. The number of phenolic OH excluding ortho intramolecular Hbond substituents is 1. The van der Waals surface area contributed by atoms with Crippen LogP contribution in [0.15, 0.2) is 18.2 Å². The first-order chi connectivity index (χ1) is 7.56. The largest absolute Gasteiger partial charge is 0.504 e. The number of phenols is 1. The van der Waals surface area contributed by atoms with E-state index in [0.29, 0.717) is 0 Å². The Kier molecular flexibility index (Phi) is 3.88. The summed E-state index contributed by atoms with van der Waals surface area (Å²) in [6.45, 7) is 3.04. The number of hydrogen-bond donors (Lipinski definition) is 1. The molecular weight excluding hydrogens is 212 g/mol. The molecule has 0 saturated carbocycles. The first kappa shape index (κ1) is 12.0. The minimum absolute atomic E-state index is 0.0250. The van der Waals surface area contributed by atoms with Gasteiger partial charge in [-0.25, -0.2) is 4.79 Å². The normalized spacial score (nSPS) is 9.62. The summed E-state index contributed by atoms with van der Waals surface area (Å²) in [5.41, 5.74) is 0.0250. The number of aromatic hydroxyl groups is 1. The fourth-order valence-corrected chi connectivity index (χ4v) is 1.15. The highest BCUT2D eigenvalue weighted by Crippen LogP contribution is 2.30. The molecule has 0 atom stereocenters. The van der Waals surface area contributed by atoms with Crippen LogP contribution in [0.2, 0.25) is 0 Å². The molecule has 0 radical (unpaired) electrons. The SMILES string of the molecule is CCOC(=O)c1cccc(O)c1OC(C)=O. The molecule has 1 N–H and O–H groups in total. The lowest BCUT2D eigenvalue weighted by atomic mass is 10.2. The molecule has 0 aromatic heterocycles. The maximum atomic E-state index is 11.5. The Bertz CT molecular complexity index is 411. The van der Waals surface area contributed by atoms with Gasteiger partial charge in [0.15, 0.2) is 11.5 Å². The van der Waals surface area contributed by atoms with Gasteiger partial charge in [-0.2, -0.15) is 0 Å². The van der Waals surface area contributed by atoms with Gasteiger partial charge in [-0.1, -0.05) is 6.07 Å². The number of hydrogen-bond acceptors (Lipinski definition) is 5. The summed E-state index contributed by atoms with van der Waals surface area (Å²) in [4.78, 5) is 22.3. The van der Waals surface area contributed by atoms with Crippen LogP contribution in [-0.4, -0.2) is 23.7 Å². The third kappa shape index (κ3) is 2.73. The van der Waals surface area contributed by atoms with E-state index < -0.39 is 11.9 Å². The molecule has 1 aromatic rings. The molecule has 1 rings (SSSR count). The average Bonchev–Trinajstić information content (AvgIpc) is 2.20. The van der Waals surface area contributed by atoms with E-state index in [1.54, 1.807) is 6.92 Å². The summed E-state index contributed by atoms with van der Waals surface area (Å²) in [5, 5.41) is 9.47. The summed E-state index contributed by atoms with van der Waals surface area (Å²) in [6.07, 6.45) is 0. The Morgan fingerprint density at radius 2 is 2.06 bits per heavy atom. The predicted molar refractivity (Wildman–Crippen MR) is 55.4 cm³/mol. The zero-order valence-electron chi connectivity index (χ0n) is 9.02. The molecule has 0 bridgehead atoms. The Hall–Kier alpha value is -2.04. The molecule has 0 heterocycles. The van der Waals surface area contributed by atoms with Crippen LogP contribution in [0.3, 0.4) is 0 Å². The van der Waals surface area contributed by atoms with Gasteiger partial charge >= 0.3 is 11.9 Å². The molecule has 0 unspecified atom stereocenters. The number of para-hydroxylation sites is 1. The van der Waals surface area contributed by atoms with Crippen LogP contribution in [-0.2, 0) is 9.53 Å². The Morgan fingerprint density at radius 3 is 2.62 bits per heavy atom. The molecule has 1 aromatic carbocycles. The highest BCUT2D eigenvalue weighted by molar-refractivity contribution is 5.94. The lowest BCUT2D eigenvalue weighted by Crippen LogP contribution is -2.10. The standard InChI is InChI=1S/C11H12O5/c1-3-15-11(14)8-5-4-6-9(13)10(8)16-7(2)12/h4-6,13H,3H2,1-2H3. The molecular formula is C11H12O5. The van der Waals surface area contributed by atoms with Crippen molar-refractivity contribution in [2.24, 2.45) is 0 Å². The van der Waals surface area contributed by atoms with Crippen molar-refractivity contribution in [1.82, 2.24) is 0 Å². The summed E-state index contributed by atoms with van der Waals surface area (Å²) < 4.78 is 9.52. The van der Waals surface area contributed by atoms with Crippen molar-refractivity contribution < 1.29 is 24.2 Å². The molecule has 86 valence electrons. The minimum Gasteiger partial charge on any atom is -0.504 e. The second kappa shape index (κ2) is 5.16. The number of esters is 2. The third-order valence-electron chi connectivity index (χ3n) is 1.74. The molecule has 0 aliphatic heterocycles. The monoisotopic (exact) mass is 224 g/mol. The number of carbonyl (C=O) groups is 2. The van der Waals surface area contributed by atoms with Crippen molar-refractivity contribution in [3.8, 4) is 11.5 Å². The summed E-state index contributed by atoms with van der Waals surface area (Å²) in [5.74, 6) is -1.71. The molecule has 0 spiro atoms. The number of carbonyl (C=O) groups excluding carboxylic acids is 2. The first-order valence-corrected chi connectivity index (χ1v) is 4.73. The fourth-order valence-electron chi connectivity index (χ4n) is 1.15. The lowest BCUT2D eigenvalue weighted by Gasteiger charge is -2.09. The second-order valence-electron chi connectivity index (χ2n) is 2.97. The lowest BCUT2D eigenvalue weighted by molar-refractivity contribution is -0.132. The van der Waals surface area contributed by atoms with Crippen molar-refractivity contribution >= 4 is 11.9 Å². The van der Waals surface area contributed by atoms with E-state index in [-0.39, 0.29) is 23.7 Å². The van der Waals surface area contributed by atoms with Crippen LogP contribution in [0.4, 0.5) is 0 Å². The van der Waals surface area contributed by atoms with Crippen LogP contribution in [0.1, 0.15) is 24.2 Å². The number of benzene rings is 1. The van der Waals surface area contributed by atoms with E-state index in [4.69, 9.17) is 9.47 Å². The topological polar surface area (TPSA) is 72.8 Å². The van der Waals surface area contributed by atoms with E-state index in [1.165, 1.54) is 25.1 Å². The molecule has 0 saturated heterocycles. The average molecular weight is 224 g/mol. The Labute approximate surface area is 92.6 Å². The minimum atomic E-state index is -0.644. The van der Waals surface area contributed by atoms with Crippen molar-refractivity contribution in [2.45, 2.75) is 13.8 Å². The van der Waals surface area contributed by atoms with Gasteiger partial charge in [-0.3, -0.25) is 4.79 Å². The fraction of sp³-hybridized carbons (Fsp3) is 0.273. The second-order valence-corrected chi connectivity index (χ2v) is 2.97. The molecule has 5 nitrogen and oxygen atoms in total. The Balaban J connectivity index is 3.11. The van der Waals surface area contributed by atoms with E-state index in [9.17, 15) is 14.7 Å². The zero-order chi connectivity index (χ0) is 12.1.